The molecule has 2 heterocycles. The number of halogens is 3. The van der Waals surface area contributed by atoms with Gasteiger partial charge >= 0.3 is 6.18 Å². The normalized spacial score (nSPS) is 15.7. The maximum absolute atomic E-state index is 12.6. The molecule has 1 aliphatic rings. The van der Waals surface area contributed by atoms with Gasteiger partial charge in [0.25, 0.3) is 0 Å². The molecule has 0 spiro atoms. The first-order valence-corrected chi connectivity index (χ1v) is 8.19. The van der Waals surface area contributed by atoms with Crippen molar-refractivity contribution in [3.8, 4) is 0 Å². The van der Waals surface area contributed by atoms with Crippen molar-refractivity contribution in [1.82, 2.24) is 20.1 Å². The van der Waals surface area contributed by atoms with Crippen LogP contribution < -0.4 is 10.6 Å². The van der Waals surface area contributed by atoms with Gasteiger partial charge in [0, 0.05) is 31.9 Å². The largest absolute Gasteiger partial charge is 0.416 e. The van der Waals surface area contributed by atoms with Crippen LogP contribution in [0.1, 0.15) is 5.56 Å². The SMILES string of the molecule is FC(F)(F)c1ccc(Nc2cnnc(NCCN3CCOCC3)n2)cc1. The molecule has 0 unspecified atom stereocenters. The van der Waals surface area contributed by atoms with E-state index in [0.717, 1.165) is 45.0 Å². The first kappa shape index (κ1) is 18.3. The Kier molecular flexibility index (Phi) is 5.84. The fourth-order valence-corrected chi connectivity index (χ4v) is 2.48. The number of alkyl halides is 3. The molecule has 0 aliphatic carbocycles. The van der Waals surface area contributed by atoms with Crippen molar-refractivity contribution in [2.75, 3.05) is 50.0 Å². The Morgan fingerprint density at radius 3 is 2.54 bits per heavy atom. The molecule has 0 radical (unpaired) electrons. The molecule has 0 atom stereocenters. The van der Waals surface area contributed by atoms with Crippen LogP contribution in [-0.4, -0.2) is 59.5 Å². The zero-order chi connectivity index (χ0) is 18.4. The van der Waals surface area contributed by atoms with Crippen LogP contribution in [0.2, 0.25) is 0 Å². The number of aromatic nitrogens is 3. The molecular formula is C16H19F3N6O. The zero-order valence-electron chi connectivity index (χ0n) is 14.0. The lowest BCUT2D eigenvalue weighted by molar-refractivity contribution is -0.137. The topological polar surface area (TPSA) is 75.2 Å². The van der Waals surface area contributed by atoms with Crippen molar-refractivity contribution in [2.24, 2.45) is 0 Å². The van der Waals surface area contributed by atoms with Gasteiger partial charge in [0.05, 0.1) is 25.0 Å². The molecule has 1 fully saturated rings. The maximum atomic E-state index is 12.6. The molecule has 0 amide bonds. The van der Waals surface area contributed by atoms with E-state index in [2.05, 4.69) is 30.7 Å². The van der Waals surface area contributed by atoms with Crippen LogP contribution >= 0.6 is 0 Å². The summed E-state index contributed by atoms with van der Waals surface area (Å²) in [5.41, 5.74) is -0.216. The molecular weight excluding hydrogens is 349 g/mol. The van der Waals surface area contributed by atoms with E-state index in [0.29, 0.717) is 24.0 Å². The first-order chi connectivity index (χ1) is 12.5. The molecule has 0 bridgehead atoms. The minimum Gasteiger partial charge on any atom is -0.379 e. The number of hydrogen-bond acceptors (Lipinski definition) is 7. The third-order valence-corrected chi connectivity index (χ3v) is 3.86. The second-order valence-corrected chi connectivity index (χ2v) is 5.75. The van der Waals surface area contributed by atoms with Crippen molar-refractivity contribution in [3.05, 3.63) is 36.0 Å². The zero-order valence-corrected chi connectivity index (χ0v) is 14.0. The summed E-state index contributed by atoms with van der Waals surface area (Å²) in [6.07, 6.45) is -2.95. The second-order valence-electron chi connectivity index (χ2n) is 5.75. The summed E-state index contributed by atoms with van der Waals surface area (Å²) in [6.45, 7) is 4.77. The fourth-order valence-electron chi connectivity index (χ4n) is 2.48. The Morgan fingerprint density at radius 1 is 1.12 bits per heavy atom. The van der Waals surface area contributed by atoms with Gasteiger partial charge in [0.1, 0.15) is 0 Å². The summed E-state index contributed by atoms with van der Waals surface area (Å²) >= 11 is 0. The van der Waals surface area contributed by atoms with Gasteiger partial charge in [-0.3, -0.25) is 4.90 Å². The Labute approximate surface area is 148 Å². The molecule has 2 N–H and O–H groups in total. The summed E-state index contributed by atoms with van der Waals surface area (Å²) in [7, 11) is 0. The molecule has 0 saturated carbocycles. The van der Waals surface area contributed by atoms with E-state index in [9.17, 15) is 13.2 Å². The van der Waals surface area contributed by atoms with Crippen LogP contribution in [0.25, 0.3) is 0 Å². The van der Waals surface area contributed by atoms with Crippen molar-refractivity contribution in [3.63, 3.8) is 0 Å². The van der Waals surface area contributed by atoms with Crippen LogP contribution in [0, 0.1) is 0 Å². The fraction of sp³-hybridized carbons (Fsp3) is 0.438. The monoisotopic (exact) mass is 368 g/mol. The van der Waals surface area contributed by atoms with E-state index in [1.54, 1.807) is 0 Å². The van der Waals surface area contributed by atoms with Crippen LogP contribution in [0.5, 0.6) is 0 Å². The number of ether oxygens (including phenoxy) is 1. The van der Waals surface area contributed by atoms with Gasteiger partial charge in [-0.2, -0.15) is 23.3 Å². The van der Waals surface area contributed by atoms with E-state index in [1.807, 2.05) is 0 Å². The van der Waals surface area contributed by atoms with Gasteiger partial charge in [0.2, 0.25) is 5.95 Å². The van der Waals surface area contributed by atoms with Crippen molar-refractivity contribution >= 4 is 17.5 Å². The molecule has 3 rings (SSSR count). The van der Waals surface area contributed by atoms with Crippen molar-refractivity contribution in [1.29, 1.82) is 0 Å². The number of anilines is 3. The lowest BCUT2D eigenvalue weighted by atomic mass is 10.2. The van der Waals surface area contributed by atoms with E-state index in [4.69, 9.17) is 4.74 Å². The van der Waals surface area contributed by atoms with Gasteiger partial charge in [0.15, 0.2) is 5.82 Å². The van der Waals surface area contributed by atoms with Crippen molar-refractivity contribution < 1.29 is 17.9 Å². The highest BCUT2D eigenvalue weighted by molar-refractivity contribution is 5.56. The summed E-state index contributed by atoms with van der Waals surface area (Å²) in [6, 6.07) is 4.71. The smallest absolute Gasteiger partial charge is 0.379 e. The number of benzene rings is 1. The average molecular weight is 368 g/mol. The Bertz CT molecular complexity index is 704. The highest BCUT2D eigenvalue weighted by Crippen LogP contribution is 2.30. The summed E-state index contributed by atoms with van der Waals surface area (Å²) in [5, 5.41) is 13.8. The molecule has 1 aliphatic heterocycles. The highest BCUT2D eigenvalue weighted by Gasteiger charge is 2.29. The summed E-state index contributed by atoms with van der Waals surface area (Å²) in [5.74, 6) is 0.754. The van der Waals surface area contributed by atoms with Gasteiger partial charge < -0.3 is 15.4 Å². The number of morpholine rings is 1. The number of nitrogens with one attached hydrogen (secondary N) is 2. The predicted octanol–water partition coefficient (Wildman–Crippen LogP) is 2.38. The van der Waals surface area contributed by atoms with Gasteiger partial charge in [-0.05, 0) is 24.3 Å². The Hall–Kier alpha value is -2.46. The molecule has 140 valence electrons. The minimum atomic E-state index is -4.35. The predicted molar refractivity (Wildman–Crippen MR) is 90.3 cm³/mol. The van der Waals surface area contributed by atoms with Crippen LogP contribution in [0.4, 0.5) is 30.6 Å². The third-order valence-electron chi connectivity index (χ3n) is 3.86. The number of hydrogen-bond donors (Lipinski definition) is 2. The quantitative estimate of drug-likeness (QED) is 0.811. The maximum Gasteiger partial charge on any atom is 0.416 e. The molecule has 10 heteroatoms. The Morgan fingerprint density at radius 2 is 1.85 bits per heavy atom. The van der Waals surface area contributed by atoms with Gasteiger partial charge in [-0.15, -0.1) is 5.10 Å². The van der Waals surface area contributed by atoms with Gasteiger partial charge in [-0.25, -0.2) is 0 Å². The second kappa shape index (κ2) is 8.28. The van der Waals surface area contributed by atoms with Crippen LogP contribution in [0.15, 0.2) is 30.5 Å². The molecule has 2 aromatic rings. The lowest BCUT2D eigenvalue weighted by Crippen LogP contribution is -2.39. The summed E-state index contributed by atoms with van der Waals surface area (Å²) in [4.78, 5) is 6.53. The number of rotatable bonds is 6. The lowest BCUT2D eigenvalue weighted by Gasteiger charge is -2.26. The van der Waals surface area contributed by atoms with Crippen LogP contribution in [-0.2, 0) is 10.9 Å². The molecule has 26 heavy (non-hydrogen) atoms. The molecule has 1 aromatic heterocycles. The van der Waals surface area contributed by atoms with Crippen LogP contribution in [0.3, 0.4) is 0 Å². The van der Waals surface area contributed by atoms with E-state index < -0.39 is 11.7 Å². The number of nitrogens with zero attached hydrogens (tertiary/aromatic N) is 4. The van der Waals surface area contributed by atoms with E-state index in [-0.39, 0.29) is 0 Å². The summed E-state index contributed by atoms with van der Waals surface area (Å²) < 4.78 is 43.0. The standard InChI is InChI=1S/C16H19F3N6O/c17-16(18,19)12-1-3-13(4-2-12)22-14-11-21-24-15(23-14)20-5-6-25-7-9-26-10-8-25/h1-4,11H,5-10H2,(H2,20,22,23,24). The molecule has 7 nitrogen and oxygen atoms in total. The average Bonchev–Trinajstić information content (AvgIpc) is 2.63. The van der Waals surface area contributed by atoms with E-state index in [1.165, 1.54) is 18.3 Å². The molecule has 1 aromatic carbocycles. The third kappa shape index (κ3) is 5.27. The minimum absolute atomic E-state index is 0.357. The highest BCUT2D eigenvalue weighted by atomic mass is 19.4. The van der Waals surface area contributed by atoms with Gasteiger partial charge in [-0.1, -0.05) is 0 Å². The van der Waals surface area contributed by atoms with E-state index >= 15 is 0 Å². The Balaban J connectivity index is 1.53. The first-order valence-electron chi connectivity index (χ1n) is 8.19. The molecule has 1 saturated heterocycles. The van der Waals surface area contributed by atoms with Crippen molar-refractivity contribution in [2.45, 2.75) is 6.18 Å².